The van der Waals surface area contributed by atoms with Crippen LogP contribution in [-0.4, -0.2) is 38.8 Å². The Morgan fingerprint density at radius 1 is 1.21 bits per heavy atom. The summed E-state index contributed by atoms with van der Waals surface area (Å²) in [6.07, 6.45) is 3.44. The lowest BCUT2D eigenvalue weighted by Crippen LogP contribution is -2.29. The Morgan fingerprint density at radius 3 is 2.53 bits per heavy atom. The Morgan fingerprint density at radius 2 is 1.95 bits per heavy atom. The lowest BCUT2D eigenvalue weighted by Gasteiger charge is -2.26. The van der Waals surface area contributed by atoms with Gasteiger partial charge in [-0.25, -0.2) is 0 Å². The van der Waals surface area contributed by atoms with Gasteiger partial charge in [0.15, 0.2) is 0 Å². The summed E-state index contributed by atoms with van der Waals surface area (Å²) in [5, 5.41) is 3.17. The van der Waals surface area contributed by atoms with E-state index in [-0.39, 0.29) is 0 Å². The Hall–Kier alpha value is -1.16. The van der Waals surface area contributed by atoms with E-state index >= 15 is 0 Å². The van der Waals surface area contributed by atoms with E-state index in [0.717, 1.165) is 39.2 Å². The highest BCUT2D eigenvalue weighted by Gasteiger charge is 2.11. The van der Waals surface area contributed by atoms with Gasteiger partial charge in [0, 0.05) is 33.3 Å². The van der Waals surface area contributed by atoms with Gasteiger partial charge >= 0.3 is 0 Å². The predicted octanol–water partition coefficient (Wildman–Crippen LogP) is 2.18. The Labute approximate surface area is 116 Å². The quantitative estimate of drug-likeness (QED) is 0.794. The number of benzene rings is 1. The molecule has 1 heterocycles. The average molecular weight is 260 g/mol. The molecule has 1 N–H and O–H groups in total. The van der Waals surface area contributed by atoms with E-state index in [2.05, 4.69) is 40.6 Å². The third-order valence-corrected chi connectivity index (χ3v) is 3.53. The zero-order chi connectivity index (χ0) is 13.5. The van der Waals surface area contributed by atoms with Crippen LogP contribution < -0.4 is 5.32 Å². The number of hydrogen-bond donors (Lipinski definition) is 1. The highest BCUT2D eigenvalue weighted by atomic mass is 16.5. The first-order valence-corrected chi connectivity index (χ1v) is 6.93. The molecule has 19 heavy (non-hydrogen) atoms. The van der Waals surface area contributed by atoms with Gasteiger partial charge in [0.1, 0.15) is 0 Å². The van der Waals surface area contributed by atoms with Crippen LogP contribution in [0.25, 0.3) is 0 Å². The second kappa shape index (κ2) is 7.43. The molecule has 3 heteroatoms. The fraction of sp³-hybridized carbons (Fsp3) is 0.500. The minimum absolute atomic E-state index is 0.784. The van der Waals surface area contributed by atoms with E-state index in [9.17, 15) is 0 Å². The molecule has 0 saturated heterocycles. The molecule has 0 saturated carbocycles. The smallest absolute Gasteiger partial charge is 0.0673 e. The molecule has 0 spiro atoms. The molecule has 0 amide bonds. The number of rotatable bonds is 6. The van der Waals surface area contributed by atoms with Crippen molar-refractivity contribution >= 4 is 0 Å². The molecule has 1 aromatic rings. The first-order valence-electron chi connectivity index (χ1n) is 6.93. The van der Waals surface area contributed by atoms with Crippen molar-refractivity contribution in [3.05, 3.63) is 47.0 Å². The number of ether oxygens (including phenoxy) is 1. The van der Waals surface area contributed by atoms with Crippen molar-refractivity contribution in [2.45, 2.75) is 19.5 Å². The largest absolute Gasteiger partial charge is 0.380 e. The van der Waals surface area contributed by atoms with Gasteiger partial charge in [-0.2, -0.15) is 0 Å². The molecule has 0 aliphatic carbocycles. The number of methoxy groups -OCH3 is 1. The molecule has 0 atom stereocenters. The van der Waals surface area contributed by atoms with Crippen molar-refractivity contribution < 1.29 is 4.74 Å². The highest BCUT2D eigenvalue weighted by Crippen LogP contribution is 2.14. The number of nitrogens with one attached hydrogen (secondary N) is 1. The second-order valence-corrected chi connectivity index (χ2v) is 5.13. The van der Waals surface area contributed by atoms with E-state index in [1.165, 1.54) is 16.7 Å². The van der Waals surface area contributed by atoms with Gasteiger partial charge in [0.05, 0.1) is 6.61 Å². The predicted molar refractivity (Wildman–Crippen MR) is 79.1 cm³/mol. The summed E-state index contributed by atoms with van der Waals surface area (Å²) < 4.78 is 5.18. The maximum Gasteiger partial charge on any atom is 0.0673 e. The van der Waals surface area contributed by atoms with Gasteiger partial charge in [-0.3, -0.25) is 4.90 Å². The minimum atomic E-state index is 0.784. The van der Waals surface area contributed by atoms with Crippen molar-refractivity contribution in [2.24, 2.45) is 0 Å². The maximum absolute atomic E-state index is 5.18. The van der Waals surface area contributed by atoms with Crippen LogP contribution in [-0.2, 0) is 17.8 Å². The molecule has 3 nitrogen and oxygen atoms in total. The van der Waals surface area contributed by atoms with E-state index in [4.69, 9.17) is 4.74 Å². The molecule has 2 rings (SSSR count). The monoisotopic (exact) mass is 260 g/mol. The summed E-state index contributed by atoms with van der Waals surface area (Å²) in [7, 11) is 3.74. The molecule has 0 unspecified atom stereocenters. The SMILES string of the molecule is CNCc1ccc(CN2CC=C(COC)CC2)cc1. The normalized spacial score (nSPS) is 16.4. The zero-order valence-electron chi connectivity index (χ0n) is 12.0. The van der Waals surface area contributed by atoms with E-state index in [0.29, 0.717) is 0 Å². The molecule has 0 radical (unpaired) electrons. The van der Waals surface area contributed by atoms with Crippen LogP contribution in [0.3, 0.4) is 0 Å². The lowest BCUT2D eigenvalue weighted by atomic mass is 10.1. The van der Waals surface area contributed by atoms with E-state index in [1.54, 1.807) is 7.11 Å². The van der Waals surface area contributed by atoms with Gasteiger partial charge in [-0.05, 0) is 30.2 Å². The highest BCUT2D eigenvalue weighted by molar-refractivity contribution is 5.22. The van der Waals surface area contributed by atoms with Crippen LogP contribution in [0, 0.1) is 0 Å². The number of nitrogens with zero attached hydrogens (tertiary/aromatic N) is 1. The summed E-state index contributed by atoms with van der Waals surface area (Å²) >= 11 is 0. The van der Waals surface area contributed by atoms with Gasteiger partial charge in [-0.15, -0.1) is 0 Å². The molecule has 0 fully saturated rings. The summed E-state index contributed by atoms with van der Waals surface area (Å²) in [6.45, 7) is 4.93. The van der Waals surface area contributed by atoms with Crippen molar-refractivity contribution in [2.75, 3.05) is 33.9 Å². The summed E-state index contributed by atoms with van der Waals surface area (Å²) in [5.41, 5.74) is 4.17. The molecular weight excluding hydrogens is 236 g/mol. The molecule has 0 bridgehead atoms. The lowest BCUT2D eigenvalue weighted by molar-refractivity contribution is 0.210. The molecule has 1 aliphatic heterocycles. The summed E-state index contributed by atoms with van der Waals surface area (Å²) in [4.78, 5) is 2.48. The molecular formula is C16H24N2O. The van der Waals surface area contributed by atoms with Gasteiger partial charge in [0.2, 0.25) is 0 Å². The van der Waals surface area contributed by atoms with E-state index < -0.39 is 0 Å². The third kappa shape index (κ3) is 4.46. The van der Waals surface area contributed by atoms with Crippen LogP contribution in [0.4, 0.5) is 0 Å². The van der Waals surface area contributed by atoms with Crippen LogP contribution in [0.2, 0.25) is 0 Å². The summed E-state index contributed by atoms with van der Waals surface area (Å²) in [6, 6.07) is 8.89. The fourth-order valence-electron chi connectivity index (χ4n) is 2.44. The van der Waals surface area contributed by atoms with Crippen molar-refractivity contribution in [3.8, 4) is 0 Å². The van der Waals surface area contributed by atoms with Crippen LogP contribution in [0.15, 0.2) is 35.9 Å². The zero-order valence-corrected chi connectivity index (χ0v) is 12.0. The molecule has 1 aromatic carbocycles. The molecule has 0 aromatic heterocycles. The maximum atomic E-state index is 5.18. The Kier molecular flexibility index (Phi) is 5.58. The standard InChI is InChI=1S/C16H24N2O/c1-17-11-14-3-5-15(6-4-14)12-18-9-7-16(8-10-18)13-19-2/h3-7,17H,8-13H2,1-2H3. The van der Waals surface area contributed by atoms with Gasteiger partial charge < -0.3 is 10.1 Å². The number of hydrogen-bond acceptors (Lipinski definition) is 3. The average Bonchev–Trinajstić information content (AvgIpc) is 2.44. The van der Waals surface area contributed by atoms with Crippen molar-refractivity contribution in [1.29, 1.82) is 0 Å². The van der Waals surface area contributed by atoms with Crippen molar-refractivity contribution in [3.63, 3.8) is 0 Å². The van der Waals surface area contributed by atoms with Crippen LogP contribution in [0.1, 0.15) is 17.5 Å². The van der Waals surface area contributed by atoms with E-state index in [1.807, 2.05) is 7.05 Å². The summed E-state index contributed by atoms with van der Waals surface area (Å²) in [5.74, 6) is 0. The Balaban J connectivity index is 1.85. The topological polar surface area (TPSA) is 24.5 Å². The van der Waals surface area contributed by atoms with Crippen LogP contribution >= 0.6 is 0 Å². The third-order valence-electron chi connectivity index (χ3n) is 3.53. The Bertz CT molecular complexity index is 411. The molecule has 104 valence electrons. The second-order valence-electron chi connectivity index (χ2n) is 5.13. The first kappa shape index (κ1) is 14.3. The van der Waals surface area contributed by atoms with Crippen LogP contribution in [0.5, 0.6) is 0 Å². The van der Waals surface area contributed by atoms with Gasteiger partial charge in [0.25, 0.3) is 0 Å². The minimum Gasteiger partial charge on any atom is -0.380 e. The first-order chi connectivity index (χ1) is 9.31. The van der Waals surface area contributed by atoms with Gasteiger partial charge in [-0.1, -0.05) is 30.3 Å². The fourth-order valence-corrected chi connectivity index (χ4v) is 2.44. The molecule has 1 aliphatic rings. The van der Waals surface area contributed by atoms with Crippen molar-refractivity contribution in [1.82, 2.24) is 10.2 Å².